The van der Waals surface area contributed by atoms with Gasteiger partial charge in [0.05, 0.1) is 12.2 Å². The van der Waals surface area contributed by atoms with Gasteiger partial charge in [-0.1, -0.05) is 60.7 Å². The van der Waals surface area contributed by atoms with E-state index in [1.54, 1.807) is 35.2 Å². The minimum absolute atomic E-state index is 0.0443. The number of nitrogens with one attached hydrogen (secondary N) is 2. The summed E-state index contributed by atoms with van der Waals surface area (Å²) in [7, 11) is 0. The zero-order valence-electron chi connectivity index (χ0n) is 20.4. The highest BCUT2D eigenvalue weighted by molar-refractivity contribution is 6.06. The smallest absolute Gasteiger partial charge is 0.414 e. The van der Waals surface area contributed by atoms with Crippen LogP contribution in [0.2, 0.25) is 0 Å². The topological polar surface area (TPSA) is 97.0 Å². The van der Waals surface area contributed by atoms with E-state index in [2.05, 4.69) is 10.6 Å². The molecular formula is C30H25N3O5. The van der Waals surface area contributed by atoms with Crippen molar-refractivity contribution in [2.75, 3.05) is 22.1 Å². The largest absolute Gasteiger partial charge is 0.482 e. The predicted octanol–water partition coefficient (Wildman–Crippen LogP) is 5.61. The van der Waals surface area contributed by atoms with Crippen LogP contribution in [0.1, 0.15) is 21.5 Å². The molecule has 4 aromatic rings. The fraction of sp³-hybridized carbons (Fsp3) is 0.100. The SMILES string of the molecule is O=C1COc2ccc(C(=O)Nc3ccc(CN(C(=O)OCc4ccccc4)c4ccccc4)cc3)cc2N1. The molecule has 1 aliphatic rings. The maximum Gasteiger partial charge on any atom is 0.414 e. The summed E-state index contributed by atoms with van der Waals surface area (Å²) in [6, 6.07) is 30.9. The van der Waals surface area contributed by atoms with Gasteiger partial charge in [-0.15, -0.1) is 0 Å². The molecule has 4 aromatic carbocycles. The second kappa shape index (κ2) is 11.3. The highest BCUT2D eigenvalue weighted by Crippen LogP contribution is 2.29. The van der Waals surface area contributed by atoms with Crippen molar-refractivity contribution in [1.29, 1.82) is 0 Å². The van der Waals surface area contributed by atoms with Crippen molar-refractivity contribution in [3.63, 3.8) is 0 Å². The highest BCUT2D eigenvalue weighted by atomic mass is 16.6. The fourth-order valence-electron chi connectivity index (χ4n) is 3.97. The van der Waals surface area contributed by atoms with E-state index in [1.807, 2.05) is 72.8 Å². The number of amides is 3. The number of carbonyl (C=O) groups excluding carboxylic acids is 3. The standard InChI is InChI=1S/C30H25N3O5/c34-28-20-37-27-16-13-23(17-26(27)32-28)29(35)31-24-14-11-21(12-15-24)18-33(25-9-5-2-6-10-25)30(36)38-19-22-7-3-1-4-8-22/h1-17H,18-20H2,(H,31,35)(H,32,34). The number of hydrogen-bond acceptors (Lipinski definition) is 5. The Hall–Kier alpha value is -5.11. The summed E-state index contributed by atoms with van der Waals surface area (Å²) in [5.74, 6) is -0.0642. The monoisotopic (exact) mass is 507 g/mol. The van der Waals surface area contributed by atoms with Gasteiger partial charge in [0.25, 0.3) is 11.8 Å². The van der Waals surface area contributed by atoms with Crippen LogP contribution in [0.4, 0.5) is 21.9 Å². The summed E-state index contributed by atoms with van der Waals surface area (Å²) in [5, 5.41) is 5.55. The lowest BCUT2D eigenvalue weighted by atomic mass is 10.1. The number of carbonyl (C=O) groups is 3. The molecule has 8 heteroatoms. The van der Waals surface area contributed by atoms with Gasteiger partial charge in [0, 0.05) is 16.9 Å². The molecular weight excluding hydrogens is 482 g/mol. The third-order valence-electron chi connectivity index (χ3n) is 5.92. The van der Waals surface area contributed by atoms with Crippen molar-refractivity contribution in [3.05, 3.63) is 120 Å². The number of nitrogens with zero attached hydrogens (tertiary/aromatic N) is 1. The Kier molecular flexibility index (Phi) is 7.31. The molecule has 0 fully saturated rings. The van der Waals surface area contributed by atoms with Gasteiger partial charge < -0.3 is 20.1 Å². The van der Waals surface area contributed by atoms with Crippen molar-refractivity contribution in [2.24, 2.45) is 0 Å². The molecule has 38 heavy (non-hydrogen) atoms. The van der Waals surface area contributed by atoms with Gasteiger partial charge in [0.15, 0.2) is 6.61 Å². The summed E-state index contributed by atoms with van der Waals surface area (Å²) < 4.78 is 10.9. The molecule has 0 unspecified atom stereocenters. The molecule has 0 spiro atoms. The van der Waals surface area contributed by atoms with Crippen LogP contribution in [0.25, 0.3) is 0 Å². The van der Waals surface area contributed by atoms with E-state index in [4.69, 9.17) is 9.47 Å². The average Bonchev–Trinajstić information content (AvgIpc) is 2.96. The van der Waals surface area contributed by atoms with E-state index < -0.39 is 6.09 Å². The molecule has 0 aromatic heterocycles. The lowest BCUT2D eigenvalue weighted by molar-refractivity contribution is -0.118. The normalized spacial score (nSPS) is 11.9. The van der Waals surface area contributed by atoms with Crippen LogP contribution >= 0.6 is 0 Å². The van der Waals surface area contributed by atoms with Gasteiger partial charge in [-0.3, -0.25) is 14.5 Å². The second-order valence-electron chi connectivity index (χ2n) is 8.66. The maximum absolute atomic E-state index is 13.0. The molecule has 2 N–H and O–H groups in total. The number of hydrogen-bond donors (Lipinski definition) is 2. The van der Waals surface area contributed by atoms with Crippen molar-refractivity contribution in [3.8, 4) is 5.75 Å². The van der Waals surface area contributed by atoms with Crippen LogP contribution in [-0.4, -0.2) is 24.5 Å². The first-order chi connectivity index (χ1) is 18.5. The third-order valence-corrected chi connectivity index (χ3v) is 5.92. The second-order valence-corrected chi connectivity index (χ2v) is 8.66. The maximum atomic E-state index is 13.0. The molecule has 8 nitrogen and oxygen atoms in total. The Labute approximate surface area is 219 Å². The lowest BCUT2D eigenvalue weighted by Crippen LogP contribution is -2.31. The van der Waals surface area contributed by atoms with Crippen molar-refractivity contribution < 1.29 is 23.9 Å². The Balaban J connectivity index is 1.25. The minimum Gasteiger partial charge on any atom is -0.482 e. The molecule has 5 rings (SSSR count). The molecule has 1 aliphatic heterocycles. The van der Waals surface area contributed by atoms with Crippen molar-refractivity contribution in [1.82, 2.24) is 0 Å². The van der Waals surface area contributed by atoms with Gasteiger partial charge in [-0.25, -0.2) is 4.79 Å². The van der Waals surface area contributed by atoms with Crippen LogP contribution in [0, 0.1) is 0 Å². The number of para-hydroxylation sites is 1. The van der Waals surface area contributed by atoms with Crippen LogP contribution in [0.5, 0.6) is 5.75 Å². The van der Waals surface area contributed by atoms with E-state index >= 15 is 0 Å². The van der Waals surface area contributed by atoms with Crippen LogP contribution in [-0.2, 0) is 22.7 Å². The van der Waals surface area contributed by atoms with Gasteiger partial charge in [-0.05, 0) is 53.6 Å². The summed E-state index contributed by atoms with van der Waals surface area (Å²) >= 11 is 0. The first kappa shape index (κ1) is 24.6. The van der Waals surface area contributed by atoms with Gasteiger partial charge in [0.1, 0.15) is 12.4 Å². The van der Waals surface area contributed by atoms with Crippen LogP contribution in [0.3, 0.4) is 0 Å². The van der Waals surface area contributed by atoms with E-state index in [0.29, 0.717) is 28.4 Å². The predicted molar refractivity (Wildman–Crippen MR) is 144 cm³/mol. The van der Waals surface area contributed by atoms with Crippen LogP contribution in [0.15, 0.2) is 103 Å². The molecule has 1 heterocycles. The molecule has 0 saturated carbocycles. The first-order valence-electron chi connectivity index (χ1n) is 12.1. The number of benzene rings is 4. The molecule has 0 atom stereocenters. The van der Waals surface area contributed by atoms with Gasteiger partial charge in [-0.2, -0.15) is 0 Å². The Morgan fingerprint density at radius 2 is 1.58 bits per heavy atom. The lowest BCUT2D eigenvalue weighted by Gasteiger charge is -2.22. The Morgan fingerprint density at radius 1 is 0.868 bits per heavy atom. The molecule has 0 aliphatic carbocycles. The zero-order valence-corrected chi connectivity index (χ0v) is 20.4. The van der Waals surface area contributed by atoms with E-state index in [0.717, 1.165) is 11.1 Å². The summed E-state index contributed by atoms with van der Waals surface area (Å²) in [6.45, 7) is 0.417. The number of rotatable bonds is 7. The third kappa shape index (κ3) is 5.99. The Bertz CT molecular complexity index is 1440. The Morgan fingerprint density at radius 3 is 2.32 bits per heavy atom. The van der Waals surface area contributed by atoms with E-state index in [1.165, 1.54) is 0 Å². The van der Waals surface area contributed by atoms with E-state index in [9.17, 15) is 14.4 Å². The molecule has 3 amide bonds. The zero-order chi connectivity index (χ0) is 26.3. The fourth-order valence-corrected chi connectivity index (χ4v) is 3.97. The highest BCUT2D eigenvalue weighted by Gasteiger charge is 2.19. The first-order valence-corrected chi connectivity index (χ1v) is 12.1. The minimum atomic E-state index is -0.457. The van der Waals surface area contributed by atoms with Crippen LogP contribution < -0.4 is 20.3 Å². The van der Waals surface area contributed by atoms with Gasteiger partial charge in [0.2, 0.25) is 0 Å². The van der Waals surface area contributed by atoms with E-state index in [-0.39, 0.29) is 31.6 Å². The number of fused-ring (bicyclic) bond motifs is 1. The van der Waals surface area contributed by atoms with Gasteiger partial charge >= 0.3 is 6.09 Å². The summed E-state index contributed by atoms with van der Waals surface area (Å²) in [6.07, 6.45) is -0.457. The summed E-state index contributed by atoms with van der Waals surface area (Å²) in [4.78, 5) is 38.9. The molecule has 190 valence electrons. The van der Waals surface area contributed by atoms with Crippen molar-refractivity contribution >= 4 is 35.0 Å². The molecule has 0 radical (unpaired) electrons. The number of anilines is 3. The average molecular weight is 508 g/mol. The molecule has 0 saturated heterocycles. The molecule has 0 bridgehead atoms. The summed E-state index contributed by atoms with van der Waals surface area (Å²) in [5.41, 5.74) is 3.92. The number of ether oxygens (including phenoxy) is 2. The van der Waals surface area contributed by atoms with Crippen molar-refractivity contribution in [2.45, 2.75) is 13.2 Å². The quantitative estimate of drug-likeness (QED) is 0.339.